The van der Waals surface area contributed by atoms with Gasteiger partial charge in [0, 0.05) is 11.6 Å². The largest absolute Gasteiger partial charge is 0.492 e. The van der Waals surface area contributed by atoms with Crippen LogP contribution in [0, 0.1) is 0 Å². The molecule has 3 atom stereocenters. The fourth-order valence-corrected chi connectivity index (χ4v) is 3.47. The molecular weight excluding hydrogens is 236 g/mol. The van der Waals surface area contributed by atoms with Crippen LogP contribution in [-0.2, 0) is 0 Å². The maximum Gasteiger partial charge on any atom is 0.124 e. The van der Waals surface area contributed by atoms with Gasteiger partial charge in [-0.25, -0.2) is 0 Å². The number of fused-ring (bicyclic) bond motifs is 1. The minimum Gasteiger partial charge on any atom is -0.492 e. The second-order valence-corrected chi connectivity index (χ2v) is 5.88. The van der Waals surface area contributed by atoms with Crippen molar-refractivity contribution in [3.8, 4) is 5.75 Å². The summed E-state index contributed by atoms with van der Waals surface area (Å²) < 4.78 is 5.93. The molecule has 19 heavy (non-hydrogen) atoms. The highest BCUT2D eigenvalue weighted by atomic mass is 16.5. The van der Waals surface area contributed by atoms with Crippen LogP contribution in [0.3, 0.4) is 0 Å². The third-order valence-corrected chi connectivity index (χ3v) is 4.63. The molecule has 3 heteroatoms. The highest BCUT2D eigenvalue weighted by molar-refractivity contribution is 5.38. The van der Waals surface area contributed by atoms with Crippen molar-refractivity contribution in [1.82, 2.24) is 4.90 Å². The summed E-state index contributed by atoms with van der Waals surface area (Å²) in [7, 11) is 0. The molecule has 0 aliphatic carbocycles. The normalized spacial score (nSPS) is 32.2. The third-order valence-electron chi connectivity index (χ3n) is 4.63. The standard InChI is InChI=1S/C16H24N2O/c1-12-7-3-2-6-10-18(12)14-11-19-15-9-5-4-8-13(15)16(14)17/h4-5,8-9,12,14,16H,2-3,6-7,10-11,17H2,1H3. The number of benzene rings is 1. The summed E-state index contributed by atoms with van der Waals surface area (Å²) in [5.74, 6) is 0.966. The summed E-state index contributed by atoms with van der Waals surface area (Å²) in [6.07, 6.45) is 5.26. The van der Waals surface area contributed by atoms with Crippen molar-refractivity contribution < 1.29 is 4.74 Å². The Morgan fingerprint density at radius 1 is 1.21 bits per heavy atom. The summed E-state index contributed by atoms with van der Waals surface area (Å²) in [4.78, 5) is 2.58. The van der Waals surface area contributed by atoms with Gasteiger partial charge in [-0.2, -0.15) is 0 Å². The van der Waals surface area contributed by atoms with E-state index in [1.165, 1.54) is 25.7 Å². The number of hydrogen-bond acceptors (Lipinski definition) is 3. The molecule has 1 saturated heterocycles. The molecule has 0 radical (unpaired) electrons. The monoisotopic (exact) mass is 260 g/mol. The Hall–Kier alpha value is -1.06. The molecule has 3 rings (SSSR count). The number of ether oxygens (including phenoxy) is 1. The summed E-state index contributed by atoms with van der Waals surface area (Å²) in [6, 6.07) is 9.21. The molecule has 0 spiro atoms. The SMILES string of the molecule is CC1CCCCCN1C1COc2ccccc2C1N. The Balaban J connectivity index is 1.82. The molecule has 0 saturated carbocycles. The minimum absolute atomic E-state index is 0.0745. The predicted molar refractivity (Wildman–Crippen MR) is 77.3 cm³/mol. The number of nitrogens with two attached hydrogens (primary N) is 1. The van der Waals surface area contributed by atoms with Crippen LogP contribution in [0.25, 0.3) is 0 Å². The molecule has 0 aromatic heterocycles. The first-order valence-corrected chi connectivity index (χ1v) is 7.50. The lowest BCUT2D eigenvalue weighted by Crippen LogP contribution is -2.51. The zero-order valence-corrected chi connectivity index (χ0v) is 11.7. The van der Waals surface area contributed by atoms with Crippen LogP contribution in [0.15, 0.2) is 24.3 Å². The number of hydrogen-bond donors (Lipinski definition) is 1. The Labute approximate surface area is 115 Å². The van der Waals surface area contributed by atoms with Gasteiger partial charge >= 0.3 is 0 Å². The van der Waals surface area contributed by atoms with Gasteiger partial charge in [0.25, 0.3) is 0 Å². The fraction of sp³-hybridized carbons (Fsp3) is 0.625. The van der Waals surface area contributed by atoms with Crippen molar-refractivity contribution in [2.45, 2.75) is 50.7 Å². The lowest BCUT2D eigenvalue weighted by Gasteiger charge is -2.41. The Bertz CT molecular complexity index is 435. The van der Waals surface area contributed by atoms with Gasteiger partial charge < -0.3 is 10.5 Å². The van der Waals surface area contributed by atoms with Crippen LogP contribution >= 0.6 is 0 Å². The van der Waals surface area contributed by atoms with Crippen LogP contribution in [-0.4, -0.2) is 30.1 Å². The summed E-state index contributed by atoms with van der Waals surface area (Å²) in [5.41, 5.74) is 7.68. The third kappa shape index (κ3) is 2.49. The molecule has 3 nitrogen and oxygen atoms in total. The maximum absolute atomic E-state index is 6.51. The van der Waals surface area contributed by atoms with E-state index >= 15 is 0 Å². The van der Waals surface area contributed by atoms with Crippen molar-refractivity contribution in [1.29, 1.82) is 0 Å². The van der Waals surface area contributed by atoms with Gasteiger partial charge in [-0.05, 0) is 32.4 Å². The lowest BCUT2D eigenvalue weighted by atomic mass is 9.94. The molecule has 104 valence electrons. The molecule has 2 heterocycles. The van der Waals surface area contributed by atoms with Gasteiger partial charge in [0.2, 0.25) is 0 Å². The zero-order valence-electron chi connectivity index (χ0n) is 11.7. The van der Waals surface area contributed by atoms with E-state index in [1.54, 1.807) is 0 Å². The molecule has 2 aliphatic rings. The highest BCUT2D eigenvalue weighted by Crippen LogP contribution is 2.34. The number of likely N-dealkylation sites (tertiary alicyclic amines) is 1. The predicted octanol–water partition coefficient (Wildman–Crippen LogP) is 2.71. The van der Waals surface area contributed by atoms with Gasteiger partial charge in [-0.3, -0.25) is 4.90 Å². The van der Waals surface area contributed by atoms with E-state index in [1.807, 2.05) is 12.1 Å². The molecule has 1 fully saturated rings. The second kappa shape index (κ2) is 5.51. The van der Waals surface area contributed by atoms with Crippen LogP contribution in [0.5, 0.6) is 5.75 Å². The number of nitrogens with zero attached hydrogens (tertiary/aromatic N) is 1. The molecule has 2 aliphatic heterocycles. The van der Waals surface area contributed by atoms with E-state index in [4.69, 9.17) is 10.5 Å². The van der Waals surface area contributed by atoms with E-state index in [-0.39, 0.29) is 6.04 Å². The topological polar surface area (TPSA) is 38.5 Å². The quantitative estimate of drug-likeness (QED) is 0.843. The Morgan fingerprint density at radius 3 is 2.95 bits per heavy atom. The number of para-hydroxylation sites is 1. The second-order valence-electron chi connectivity index (χ2n) is 5.88. The van der Waals surface area contributed by atoms with E-state index in [9.17, 15) is 0 Å². The van der Waals surface area contributed by atoms with E-state index in [0.717, 1.165) is 24.5 Å². The maximum atomic E-state index is 6.51. The first-order chi connectivity index (χ1) is 9.27. The van der Waals surface area contributed by atoms with E-state index in [2.05, 4.69) is 24.0 Å². The lowest BCUT2D eigenvalue weighted by molar-refractivity contribution is 0.0696. The minimum atomic E-state index is 0.0745. The fourth-order valence-electron chi connectivity index (χ4n) is 3.47. The summed E-state index contributed by atoms with van der Waals surface area (Å²) >= 11 is 0. The Morgan fingerprint density at radius 2 is 2.05 bits per heavy atom. The van der Waals surface area contributed by atoms with Gasteiger partial charge in [0.05, 0.1) is 12.1 Å². The van der Waals surface area contributed by atoms with Crippen molar-refractivity contribution in [2.24, 2.45) is 5.73 Å². The smallest absolute Gasteiger partial charge is 0.124 e. The van der Waals surface area contributed by atoms with Crippen molar-refractivity contribution in [2.75, 3.05) is 13.2 Å². The highest BCUT2D eigenvalue weighted by Gasteiger charge is 2.34. The summed E-state index contributed by atoms with van der Waals surface area (Å²) in [6.45, 7) is 4.21. The van der Waals surface area contributed by atoms with Gasteiger partial charge in [0.1, 0.15) is 12.4 Å². The van der Waals surface area contributed by atoms with Crippen LogP contribution in [0.4, 0.5) is 0 Å². The molecule has 0 amide bonds. The average Bonchev–Trinajstić information content (AvgIpc) is 2.65. The molecule has 1 aromatic carbocycles. The Kier molecular flexibility index (Phi) is 3.76. The van der Waals surface area contributed by atoms with E-state index < -0.39 is 0 Å². The molecule has 1 aromatic rings. The van der Waals surface area contributed by atoms with Crippen molar-refractivity contribution in [3.05, 3.63) is 29.8 Å². The first kappa shape index (κ1) is 12.9. The van der Waals surface area contributed by atoms with Crippen LogP contribution < -0.4 is 10.5 Å². The average molecular weight is 260 g/mol. The molecule has 3 unspecified atom stereocenters. The van der Waals surface area contributed by atoms with Crippen LogP contribution in [0.1, 0.15) is 44.2 Å². The van der Waals surface area contributed by atoms with Crippen molar-refractivity contribution in [3.63, 3.8) is 0 Å². The van der Waals surface area contributed by atoms with Gasteiger partial charge in [-0.15, -0.1) is 0 Å². The zero-order chi connectivity index (χ0) is 13.2. The molecule has 2 N–H and O–H groups in total. The molecular formula is C16H24N2O. The van der Waals surface area contributed by atoms with Crippen LogP contribution in [0.2, 0.25) is 0 Å². The van der Waals surface area contributed by atoms with E-state index in [0.29, 0.717) is 12.1 Å². The number of rotatable bonds is 1. The molecule has 0 bridgehead atoms. The van der Waals surface area contributed by atoms with Gasteiger partial charge in [-0.1, -0.05) is 31.0 Å². The van der Waals surface area contributed by atoms with Gasteiger partial charge in [0.15, 0.2) is 0 Å². The van der Waals surface area contributed by atoms with Crippen molar-refractivity contribution >= 4 is 0 Å². The first-order valence-electron chi connectivity index (χ1n) is 7.50. The summed E-state index contributed by atoms with van der Waals surface area (Å²) in [5, 5.41) is 0.